The number of sulfonamides is 1. The standard InChI is InChI=1S/C47H57BrF2N10O6S/c1-5-27-7-9-37(43-32(27)14-20-60(43)67(4,64)65)54-44-34(48)25-53-47(57-44)55-38-21-28(6-2)39(24-40(38)66-3)58-18-12-30(13-19-58)51-15-16-52-45(62)29-11-17-59(26-29)31-22-35(49)42(36(50)23-31)33-8-10-41(61)56-46(33)63/h7,9,21-25,29-30,33,51H,5-6,8,10-20,26H2,1-4H3,(H,52,62)(H,56,61,63)(H2,53,54,55,57)/t29-,33-/m1/s1. The smallest absolute Gasteiger partial charge is 0.234 e. The van der Waals surface area contributed by atoms with Crippen LogP contribution in [0.2, 0.25) is 0 Å². The molecule has 0 radical (unpaired) electrons. The number of rotatable bonds is 16. The van der Waals surface area contributed by atoms with Crippen LogP contribution in [0.1, 0.15) is 74.1 Å². The summed E-state index contributed by atoms with van der Waals surface area (Å²) in [6, 6.07) is 10.7. The predicted octanol–water partition coefficient (Wildman–Crippen LogP) is 6.18. The normalized spacial score (nSPS) is 18.8. The molecule has 3 saturated heterocycles. The SMILES string of the molecule is CCc1cc(Nc2ncc(Br)c(Nc3ccc(CC)c4c3N(S(C)(=O)=O)CC4)n2)c(OC)cc1N1CCC(NCCNC(=O)[C@@H]2CCN(c3cc(F)c([C@H]4CCC(=O)NC4=O)c(F)c3)C2)CC1. The van der Waals surface area contributed by atoms with E-state index in [1.807, 2.05) is 12.1 Å². The zero-order valence-corrected chi connectivity index (χ0v) is 40.5. The van der Waals surface area contributed by atoms with Crippen molar-refractivity contribution in [3.63, 3.8) is 0 Å². The van der Waals surface area contributed by atoms with E-state index in [-0.39, 0.29) is 36.3 Å². The van der Waals surface area contributed by atoms with Crippen molar-refractivity contribution in [1.29, 1.82) is 0 Å². The summed E-state index contributed by atoms with van der Waals surface area (Å²) >= 11 is 3.57. The molecule has 0 spiro atoms. The lowest BCUT2D eigenvalue weighted by atomic mass is 9.89. The summed E-state index contributed by atoms with van der Waals surface area (Å²) in [6.45, 7) is 8.04. The van der Waals surface area contributed by atoms with E-state index in [1.165, 1.54) is 22.7 Å². The zero-order chi connectivity index (χ0) is 47.6. The molecule has 2 atom stereocenters. The highest BCUT2D eigenvalue weighted by Gasteiger charge is 2.35. The number of nitrogens with one attached hydrogen (secondary N) is 5. The topological polar surface area (TPSA) is 190 Å². The number of aromatic nitrogens is 2. The van der Waals surface area contributed by atoms with Crippen molar-refractivity contribution in [2.75, 3.05) is 83.9 Å². The summed E-state index contributed by atoms with van der Waals surface area (Å²) < 4.78 is 63.9. The first-order valence-electron chi connectivity index (χ1n) is 22.9. The molecule has 0 bridgehead atoms. The second-order valence-corrected chi connectivity index (χ2v) is 20.2. The van der Waals surface area contributed by atoms with E-state index in [9.17, 15) is 22.8 Å². The van der Waals surface area contributed by atoms with Crippen molar-refractivity contribution in [3.05, 3.63) is 81.0 Å². The predicted molar refractivity (Wildman–Crippen MR) is 258 cm³/mol. The van der Waals surface area contributed by atoms with Crippen molar-refractivity contribution in [2.24, 2.45) is 5.92 Å². The molecule has 4 aliphatic heterocycles. The van der Waals surface area contributed by atoms with Gasteiger partial charge in [0.1, 0.15) is 23.2 Å². The van der Waals surface area contributed by atoms with Crippen molar-refractivity contribution < 1.29 is 36.3 Å². The number of fused-ring (bicyclic) bond motifs is 1. The summed E-state index contributed by atoms with van der Waals surface area (Å²) in [4.78, 5) is 50.4. The second kappa shape index (κ2) is 20.3. The number of benzene rings is 3. The maximum atomic E-state index is 15.2. The van der Waals surface area contributed by atoms with Crippen molar-refractivity contribution >= 4 is 83.9 Å². The molecule has 4 aliphatic rings. The molecule has 5 N–H and O–H groups in total. The first-order chi connectivity index (χ1) is 32.1. The van der Waals surface area contributed by atoms with E-state index < -0.39 is 39.4 Å². The fourth-order valence-electron chi connectivity index (χ4n) is 9.75. The summed E-state index contributed by atoms with van der Waals surface area (Å²) in [6.07, 6.45) is 7.50. The molecule has 16 nitrogen and oxygen atoms in total. The van der Waals surface area contributed by atoms with Gasteiger partial charge in [-0.15, -0.1) is 0 Å². The first kappa shape index (κ1) is 47.9. The lowest BCUT2D eigenvalue weighted by Gasteiger charge is -2.35. The average Bonchev–Trinajstić information content (AvgIpc) is 4.00. The minimum absolute atomic E-state index is 0.0180. The van der Waals surface area contributed by atoms with Crippen LogP contribution < -0.4 is 45.4 Å². The molecule has 8 rings (SSSR count). The average molecular weight is 1010 g/mol. The van der Waals surface area contributed by atoms with Gasteiger partial charge in [0.05, 0.1) is 46.7 Å². The number of ether oxygens (including phenoxy) is 1. The number of nitrogens with zero attached hydrogens (tertiary/aromatic N) is 5. The Bertz CT molecular complexity index is 2650. The van der Waals surface area contributed by atoms with E-state index in [4.69, 9.17) is 9.72 Å². The third kappa shape index (κ3) is 10.5. The maximum Gasteiger partial charge on any atom is 0.234 e. The van der Waals surface area contributed by atoms with E-state index in [0.29, 0.717) is 90.3 Å². The van der Waals surface area contributed by atoms with Gasteiger partial charge in [-0.05, 0) is 102 Å². The Morgan fingerprint density at radius 3 is 2.33 bits per heavy atom. The highest BCUT2D eigenvalue weighted by molar-refractivity contribution is 9.10. The fraction of sp³-hybridized carbons (Fsp3) is 0.468. The molecule has 1 aromatic heterocycles. The Morgan fingerprint density at radius 1 is 0.910 bits per heavy atom. The van der Waals surface area contributed by atoms with Gasteiger partial charge in [-0.3, -0.25) is 24.0 Å². The number of carbonyl (C=O) groups excluding carboxylic acids is 3. The Balaban J connectivity index is 0.827. The van der Waals surface area contributed by atoms with Crippen LogP contribution in [-0.2, 0) is 43.7 Å². The quantitative estimate of drug-likeness (QED) is 0.0633. The fourth-order valence-corrected chi connectivity index (χ4v) is 11.0. The third-order valence-electron chi connectivity index (χ3n) is 13.3. The lowest BCUT2D eigenvalue weighted by molar-refractivity contribution is -0.134. The summed E-state index contributed by atoms with van der Waals surface area (Å²) in [5.41, 5.74) is 6.35. The minimum Gasteiger partial charge on any atom is -0.494 e. The molecule has 4 aromatic rings. The number of carbonyl (C=O) groups is 3. The summed E-state index contributed by atoms with van der Waals surface area (Å²) in [5, 5.41) is 15.5. The number of piperidine rings is 2. The van der Waals surface area contributed by atoms with E-state index in [2.05, 4.69) is 78.4 Å². The Hall–Kier alpha value is -5.60. The molecular weight excluding hydrogens is 951 g/mol. The molecule has 0 aliphatic carbocycles. The molecular formula is C47H57BrF2N10O6S. The molecule has 3 fully saturated rings. The van der Waals surface area contributed by atoms with Crippen LogP contribution in [-0.4, -0.2) is 101 Å². The highest BCUT2D eigenvalue weighted by Crippen LogP contribution is 2.42. The van der Waals surface area contributed by atoms with Gasteiger partial charge in [-0.2, -0.15) is 4.98 Å². The van der Waals surface area contributed by atoms with Crippen LogP contribution in [0.15, 0.2) is 47.1 Å². The number of anilines is 7. The van der Waals surface area contributed by atoms with E-state index >= 15 is 8.78 Å². The number of imide groups is 1. The Labute approximate surface area is 398 Å². The maximum absolute atomic E-state index is 15.2. The zero-order valence-electron chi connectivity index (χ0n) is 38.1. The van der Waals surface area contributed by atoms with Crippen LogP contribution in [0.25, 0.3) is 0 Å². The van der Waals surface area contributed by atoms with Gasteiger partial charge in [0.2, 0.25) is 33.7 Å². The number of halogens is 3. The molecule has 5 heterocycles. The number of methoxy groups -OCH3 is 1. The molecule has 67 heavy (non-hydrogen) atoms. The minimum atomic E-state index is -3.49. The Morgan fingerprint density at radius 2 is 1.64 bits per heavy atom. The summed E-state index contributed by atoms with van der Waals surface area (Å²) in [5.74, 6) is -2.90. The number of amides is 3. The highest BCUT2D eigenvalue weighted by atomic mass is 79.9. The van der Waals surface area contributed by atoms with Gasteiger partial charge < -0.3 is 35.8 Å². The number of hydrogen-bond donors (Lipinski definition) is 5. The lowest BCUT2D eigenvalue weighted by Crippen LogP contribution is -2.45. The van der Waals surface area contributed by atoms with Crippen molar-refractivity contribution in [3.8, 4) is 5.75 Å². The van der Waals surface area contributed by atoms with Gasteiger partial charge in [-0.1, -0.05) is 19.9 Å². The van der Waals surface area contributed by atoms with Crippen molar-refractivity contribution in [2.45, 2.75) is 77.2 Å². The van der Waals surface area contributed by atoms with Gasteiger partial charge in [-0.25, -0.2) is 22.2 Å². The monoisotopic (exact) mass is 1010 g/mol. The summed E-state index contributed by atoms with van der Waals surface area (Å²) in [7, 11) is -1.86. The second-order valence-electron chi connectivity index (χ2n) is 17.5. The molecule has 3 aromatic carbocycles. The molecule has 3 amide bonds. The Kier molecular flexibility index (Phi) is 14.5. The van der Waals surface area contributed by atoms with Gasteiger partial charge in [0.15, 0.2) is 0 Å². The first-order valence-corrected chi connectivity index (χ1v) is 25.5. The third-order valence-corrected chi connectivity index (χ3v) is 15.0. The van der Waals surface area contributed by atoms with Crippen LogP contribution in [0.4, 0.5) is 49.0 Å². The number of aryl methyl sites for hydroxylation is 2. The van der Waals surface area contributed by atoms with Crippen LogP contribution in [0, 0.1) is 17.6 Å². The van der Waals surface area contributed by atoms with Crippen molar-refractivity contribution in [1.82, 2.24) is 25.9 Å². The number of hydrogen-bond acceptors (Lipinski definition) is 13. The van der Waals surface area contributed by atoms with Crippen LogP contribution >= 0.6 is 15.9 Å². The van der Waals surface area contributed by atoms with Gasteiger partial charge >= 0.3 is 0 Å². The largest absolute Gasteiger partial charge is 0.494 e. The molecule has 0 saturated carbocycles. The van der Waals surface area contributed by atoms with Gasteiger partial charge in [0.25, 0.3) is 0 Å². The molecule has 358 valence electrons. The van der Waals surface area contributed by atoms with Gasteiger partial charge in [0, 0.05) is 87.5 Å². The van der Waals surface area contributed by atoms with E-state index in [1.54, 1.807) is 18.2 Å². The van der Waals surface area contributed by atoms with Crippen LogP contribution in [0.5, 0.6) is 5.75 Å². The van der Waals surface area contributed by atoms with Crippen LogP contribution in [0.3, 0.4) is 0 Å². The molecule has 20 heteroatoms. The van der Waals surface area contributed by atoms with E-state index in [0.717, 1.165) is 61.2 Å². The molecule has 0 unspecified atom stereocenters.